The summed E-state index contributed by atoms with van der Waals surface area (Å²) in [5, 5.41) is 13.3. The van der Waals surface area contributed by atoms with E-state index in [1.165, 1.54) is 0 Å². The van der Waals surface area contributed by atoms with E-state index >= 15 is 0 Å². The van der Waals surface area contributed by atoms with E-state index in [4.69, 9.17) is 10.8 Å². The molecular formula is C10H11N3O. The summed E-state index contributed by atoms with van der Waals surface area (Å²) in [6, 6.07) is 8.65. The van der Waals surface area contributed by atoms with E-state index in [0.717, 1.165) is 11.3 Å². The first-order valence-electron chi connectivity index (χ1n) is 4.26. The molecule has 72 valence electrons. The molecule has 0 aliphatic rings. The average molecular weight is 189 g/mol. The van der Waals surface area contributed by atoms with Crippen molar-refractivity contribution in [3.63, 3.8) is 0 Å². The van der Waals surface area contributed by atoms with Gasteiger partial charge in [0, 0.05) is 18.7 Å². The van der Waals surface area contributed by atoms with Crippen LogP contribution in [0.2, 0.25) is 0 Å². The molecule has 0 fully saturated rings. The highest BCUT2D eigenvalue weighted by Crippen LogP contribution is 2.21. The first kappa shape index (κ1) is 8.62. The molecule has 0 saturated carbocycles. The van der Waals surface area contributed by atoms with Crippen LogP contribution in [-0.2, 0) is 7.05 Å². The van der Waals surface area contributed by atoms with Crippen molar-refractivity contribution >= 4 is 5.82 Å². The lowest BCUT2D eigenvalue weighted by Crippen LogP contribution is -1.96. The Morgan fingerprint density at radius 3 is 2.43 bits per heavy atom. The molecule has 0 aliphatic carbocycles. The zero-order valence-corrected chi connectivity index (χ0v) is 7.81. The minimum Gasteiger partial charge on any atom is -0.508 e. The van der Waals surface area contributed by atoms with Gasteiger partial charge in [0.1, 0.15) is 11.6 Å². The van der Waals surface area contributed by atoms with Crippen molar-refractivity contribution in [1.29, 1.82) is 0 Å². The van der Waals surface area contributed by atoms with Crippen molar-refractivity contribution < 1.29 is 5.11 Å². The minimum absolute atomic E-state index is 0.248. The first-order valence-corrected chi connectivity index (χ1v) is 4.26. The van der Waals surface area contributed by atoms with Crippen LogP contribution in [0.1, 0.15) is 0 Å². The number of nitrogens with two attached hydrogens (primary N) is 1. The predicted octanol–water partition coefficient (Wildman–Crippen LogP) is 1.37. The summed E-state index contributed by atoms with van der Waals surface area (Å²) in [7, 11) is 1.79. The van der Waals surface area contributed by atoms with E-state index < -0.39 is 0 Å². The molecule has 0 aliphatic heterocycles. The average Bonchev–Trinajstić information content (AvgIpc) is 2.48. The number of hydrogen-bond donors (Lipinski definition) is 2. The van der Waals surface area contributed by atoms with Crippen molar-refractivity contribution in [3.8, 4) is 17.0 Å². The Balaban J connectivity index is 2.44. The number of aromatic nitrogens is 2. The Hall–Kier alpha value is -1.97. The second-order valence-corrected chi connectivity index (χ2v) is 3.12. The molecule has 2 rings (SSSR count). The Kier molecular flexibility index (Phi) is 1.89. The fourth-order valence-corrected chi connectivity index (χ4v) is 1.25. The molecule has 1 heterocycles. The number of hydrogen-bond acceptors (Lipinski definition) is 3. The molecule has 0 bridgehead atoms. The summed E-state index contributed by atoms with van der Waals surface area (Å²) in [5.74, 6) is 0.866. The quantitative estimate of drug-likeness (QED) is 0.712. The molecule has 0 unspecified atom stereocenters. The maximum Gasteiger partial charge on any atom is 0.121 e. The van der Waals surface area contributed by atoms with Crippen LogP contribution in [0.25, 0.3) is 11.3 Å². The second kappa shape index (κ2) is 3.06. The molecule has 4 heteroatoms. The Labute approximate surface area is 81.6 Å². The Bertz CT molecular complexity index is 425. The predicted molar refractivity (Wildman–Crippen MR) is 54.7 cm³/mol. The largest absolute Gasteiger partial charge is 0.508 e. The van der Waals surface area contributed by atoms with E-state index in [1.807, 2.05) is 0 Å². The van der Waals surface area contributed by atoms with Crippen LogP contribution in [0.15, 0.2) is 30.3 Å². The smallest absolute Gasteiger partial charge is 0.121 e. The number of aromatic hydroxyl groups is 1. The second-order valence-electron chi connectivity index (χ2n) is 3.12. The highest BCUT2D eigenvalue weighted by Gasteiger charge is 2.03. The van der Waals surface area contributed by atoms with E-state index in [9.17, 15) is 0 Å². The van der Waals surface area contributed by atoms with Gasteiger partial charge in [0.2, 0.25) is 0 Å². The number of nitrogen functional groups attached to an aromatic ring is 1. The van der Waals surface area contributed by atoms with Crippen molar-refractivity contribution in [1.82, 2.24) is 9.78 Å². The number of anilines is 1. The van der Waals surface area contributed by atoms with Crippen LogP contribution in [0.5, 0.6) is 5.75 Å². The van der Waals surface area contributed by atoms with Gasteiger partial charge < -0.3 is 10.8 Å². The van der Waals surface area contributed by atoms with Crippen LogP contribution in [0, 0.1) is 0 Å². The molecular weight excluding hydrogens is 178 g/mol. The van der Waals surface area contributed by atoms with E-state index in [2.05, 4.69) is 5.10 Å². The maximum absolute atomic E-state index is 9.11. The number of rotatable bonds is 1. The number of aryl methyl sites for hydroxylation is 1. The molecule has 3 N–H and O–H groups in total. The van der Waals surface area contributed by atoms with Gasteiger partial charge in [-0.05, 0) is 24.3 Å². The molecule has 0 saturated heterocycles. The van der Waals surface area contributed by atoms with Gasteiger partial charge in [0.15, 0.2) is 0 Å². The number of phenols is 1. The van der Waals surface area contributed by atoms with Crippen LogP contribution in [-0.4, -0.2) is 14.9 Å². The molecule has 14 heavy (non-hydrogen) atoms. The molecule has 0 atom stereocenters. The maximum atomic E-state index is 9.11. The van der Waals surface area contributed by atoms with Gasteiger partial charge in [0.25, 0.3) is 0 Å². The summed E-state index contributed by atoms with van der Waals surface area (Å²) in [5.41, 5.74) is 7.41. The van der Waals surface area contributed by atoms with E-state index in [-0.39, 0.29) is 5.75 Å². The normalized spacial score (nSPS) is 10.4. The molecule has 1 aromatic carbocycles. The summed E-state index contributed by atoms with van der Waals surface area (Å²) in [6.07, 6.45) is 0. The third kappa shape index (κ3) is 1.42. The van der Waals surface area contributed by atoms with Gasteiger partial charge in [-0.2, -0.15) is 5.10 Å². The summed E-state index contributed by atoms with van der Waals surface area (Å²) < 4.78 is 1.61. The number of nitrogens with zero attached hydrogens (tertiary/aromatic N) is 2. The zero-order chi connectivity index (χ0) is 10.1. The van der Waals surface area contributed by atoms with Gasteiger partial charge in [-0.1, -0.05) is 0 Å². The van der Waals surface area contributed by atoms with E-state index in [1.54, 1.807) is 42.1 Å². The SMILES string of the molecule is Cn1nc(-c2ccc(O)cc2)cc1N. The lowest BCUT2D eigenvalue weighted by Gasteiger charge is -1.95. The highest BCUT2D eigenvalue weighted by atomic mass is 16.3. The van der Waals surface area contributed by atoms with E-state index in [0.29, 0.717) is 5.82 Å². The molecule has 0 radical (unpaired) electrons. The Morgan fingerprint density at radius 1 is 1.29 bits per heavy atom. The molecule has 1 aromatic heterocycles. The molecule has 0 amide bonds. The van der Waals surface area contributed by atoms with Gasteiger partial charge in [0.05, 0.1) is 5.69 Å². The van der Waals surface area contributed by atoms with Gasteiger partial charge in [-0.3, -0.25) is 4.68 Å². The Morgan fingerprint density at radius 2 is 1.93 bits per heavy atom. The lowest BCUT2D eigenvalue weighted by atomic mass is 10.1. The summed E-state index contributed by atoms with van der Waals surface area (Å²) in [4.78, 5) is 0. The number of phenolic OH excluding ortho intramolecular Hbond substituents is 1. The minimum atomic E-state index is 0.248. The fourth-order valence-electron chi connectivity index (χ4n) is 1.25. The monoisotopic (exact) mass is 189 g/mol. The third-order valence-electron chi connectivity index (χ3n) is 2.08. The summed E-state index contributed by atoms with van der Waals surface area (Å²) in [6.45, 7) is 0. The van der Waals surface area contributed by atoms with Crippen LogP contribution < -0.4 is 5.73 Å². The molecule has 0 spiro atoms. The lowest BCUT2D eigenvalue weighted by molar-refractivity contribution is 0.475. The van der Waals surface area contributed by atoms with Gasteiger partial charge >= 0.3 is 0 Å². The van der Waals surface area contributed by atoms with Crippen molar-refractivity contribution in [2.75, 3.05) is 5.73 Å². The highest BCUT2D eigenvalue weighted by molar-refractivity contribution is 5.62. The van der Waals surface area contributed by atoms with Crippen LogP contribution in [0.4, 0.5) is 5.82 Å². The van der Waals surface area contributed by atoms with Crippen molar-refractivity contribution in [2.45, 2.75) is 0 Å². The standard InChI is InChI=1S/C10H11N3O/c1-13-10(11)6-9(12-13)7-2-4-8(14)5-3-7/h2-6,14H,11H2,1H3. The van der Waals surface area contributed by atoms with Crippen LogP contribution in [0.3, 0.4) is 0 Å². The van der Waals surface area contributed by atoms with Gasteiger partial charge in [-0.25, -0.2) is 0 Å². The zero-order valence-electron chi connectivity index (χ0n) is 7.81. The third-order valence-corrected chi connectivity index (χ3v) is 2.08. The van der Waals surface area contributed by atoms with Gasteiger partial charge in [-0.15, -0.1) is 0 Å². The van der Waals surface area contributed by atoms with Crippen molar-refractivity contribution in [3.05, 3.63) is 30.3 Å². The van der Waals surface area contributed by atoms with Crippen LogP contribution >= 0.6 is 0 Å². The first-order chi connectivity index (χ1) is 6.66. The molecule has 4 nitrogen and oxygen atoms in total. The topological polar surface area (TPSA) is 64.1 Å². The molecule has 2 aromatic rings. The summed E-state index contributed by atoms with van der Waals surface area (Å²) >= 11 is 0. The number of benzene rings is 1. The van der Waals surface area contributed by atoms with Crippen molar-refractivity contribution in [2.24, 2.45) is 7.05 Å². The fraction of sp³-hybridized carbons (Fsp3) is 0.100.